The van der Waals surface area contributed by atoms with E-state index in [0.717, 1.165) is 37.4 Å². The van der Waals surface area contributed by atoms with Crippen LogP contribution in [0.1, 0.15) is 40.4 Å². The van der Waals surface area contributed by atoms with E-state index in [1.54, 1.807) is 0 Å². The van der Waals surface area contributed by atoms with Gasteiger partial charge in [-0.1, -0.05) is 0 Å². The third kappa shape index (κ3) is 3.17. The lowest BCUT2D eigenvalue weighted by Gasteiger charge is -2.14. The summed E-state index contributed by atoms with van der Waals surface area (Å²) < 4.78 is 9.23. The Morgan fingerprint density at radius 2 is 2.35 bits per heavy atom. The van der Waals surface area contributed by atoms with Crippen molar-refractivity contribution in [3.63, 3.8) is 0 Å². The average molecular weight is 313 g/mol. The van der Waals surface area contributed by atoms with Crippen molar-refractivity contribution >= 4 is 5.78 Å². The molecule has 120 valence electrons. The second-order valence-corrected chi connectivity index (χ2v) is 5.83. The number of Topliss-reactive ketones (excluding diaryl/α,β-unsaturated/α-hetero) is 1. The molecule has 0 amide bonds. The zero-order chi connectivity index (χ0) is 16.4. The summed E-state index contributed by atoms with van der Waals surface area (Å²) in [6, 6.07) is 3.76. The van der Waals surface area contributed by atoms with E-state index in [1.165, 1.54) is 11.0 Å². The summed E-state index contributed by atoms with van der Waals surface area (Å²) in [7, 11) is 0. The second kappa shape index (κ2) is 6.34. The van der Waals surface area contributed by atoms with Gasteiger partial charge >= 0.3 is 0 Å². The van der Waals surface area contributed by atoms with E-state index < -0.39 is 0 Å². The Hall–Kier alpha value is -2.46. The maximum Gasteiger partial charge on any atom is 0.252 e. The molecule has 0 bridgehead atoms. The highest BCUT2D eigenvalue weighted by atomic mass is 16.5. The SMILES string of the molecule is Cc1cc(C(=O)Cn2cnc(C#N)n2)c(C)n1C[C@H]1CCCO1. The number of ether oxygens (including phenoxy) is 1. The Morgan fingerprint density at radius 1 is 1.52 bits per heavy atom. The topological polar surface area (TPSA) is 85.7 Å². The van der Waals surface area contributed by atoms with Crippen LogP contribution in [0.3, 0.4) is 0 Å². The zero-order valence-electron chi connectivity index (χ0n) is 13.3. The zero-order valence-corrected chi connectivity index (χ0v) is 13.3. The lowest BCUT2D eigenvalue weighted by Crippen LogP contribution is -2.18. The summed E-state index contributed by atoms with van der Waals surface area (Å²) in [6.45, 7) is 5.65. The number of aromatic nitrogens is 4. The summed E-state index contributed by atoms with van der Waals surface area (Å²) >= 11 is 0. The summed E-state index contributed by atoms with van der Waals surface area (Å²) in [5.74, 6) is 0.0349. The minimum absolute atomic E-state index is 0.0360. The van der Waals surface area contributed by atoms with Gasteiger partial charge in [0.2, 0.25) is 0 Å². The van der Waals surface area contributed by atoms with E-state index in [4.69, 9.17) is 10.00 Å². The fraction of sp³-hybridized carbons (Fsp3) is 0.500. The van der Waals surface area contributed by atoms with Crippen molar-refractivity contribution in [2.24, 2.45) is 0 Å². The van der Waals surface area contributed by atoms with Crippen LogP contribution >= 0.6 is 0 Å². The molecule has 1 aliphatic heterocycles. The molecule has 2 aromatic heterocycles. The molecular weight excluding hydrogens is 294 g/mol. The number of aryl methyl sites for hydroxylation is 1. The third-order valence-corrected chi connectivity index (χ3v) is 4.23. The van der Waals surface area contributed by atoms with Gasteiger partial charge in [0.15, 0.2) is 5.78 Å². The standard InChI is InChI=1S/C16H19N5O2/c1-11-6-14(12(2)21(11)8-13-4-3-5-23-13)15(22)9-20-10-18-16(7-17)19-20/h6,10,13H,3-5,8-9H2,1-2H3/t13-/m1/s1. The van der Waals surface area contributed by atoms with E-state index in [-0.39, 0.29) is 24.3 Å². The first-order chi connectivity index (χ1) is 11.1. The minimum Gasteiger partial charge on any atom is -0.376 e. The van der Waals surface area contributed by atoms with Gasteiger partial charge in [-0.3, -0.25) is 4.79 Å². The van der Waals surface area contributed by atoms with Crippen molar-refractivity contribution in [2.75, 3.05) is 6.61 Å². The van der Waals surface area contributed by atoms with E-state index in [2.05, 4.69) is 14.6 Å². The largest absolute Gasteiger partial charge is 0.376 e. The lowest BCUT2D eigenvalue weighted by atomic mass is 10.1. The van der Waals surface area contributed by atoms with Crippen molar-refractivity contribution in [3.8, 4) is 6.07 Å². The molecule has 0 N–H and O–H groups in total. The summed E-state index contributed by atoms with van der Waals surface area (Å²) in [5, 5.41) is 12.7. The summed E-state index contributed by atoms with van der Waals surface area (Å²) in [5.41, 5.74) is 2.69. The number of carbonyl (C=O) groups is 1. The minimum atomic E-state index is -0.0360. The normalized spacial score (nSPS) is 17.3. The van der Waals surface area contributed by atoms with Crippen LogP contribution in [0.2, 0.25) is 0 Å². The van der Waals surface area contributed by atoms with Crippen molar-refractivity contribution in [1.82, 2.24) is 19.3 Å². The van der Waals surface area contributed by atoms with Crippen LogP contribution < -0.4 is 0 Å². The molecule has 3 rings (SSSR count). The van der Waals surface area contributed by atoms with Crippen molar-refractivity contribution in [2.45, 2.75) is 45.9 Å². The predicted octanol–water partition coefficient (Wildman–Crippen LogP) is 1.63. The maximum absolute atomic E-state index is 12.5. The van der Waals surface area contributed by atoms with Crippen LogP contribution in [0.25, 0.3) is 0 Å². The highest BCUT2D eigenvalue weighted by Gasteiger charge is 2.21. The first-order valence-corrected chi connectivity index (χ1v) is 7.69. The van der Waals surface area contributed by atoms with Gasteiger partial charge in [-0.15, -0.1) is 5.10 Å². The first kappa shape index (κ1) is 15.4. The van der Waals surface area contributed by atoms with Crippen LogP contribution in [0.4, 0.5) is 0 Å². The molecule has 7 heteroatoms. The summed E-state index contributed by atoms with van der Waals surface area (Å²) in [6.07, 6.45) is 3.80. The van der Waals surface area contributed by atoms with Crippen LogP contribution in [-0.4, -0.2) is 37.8 Å². The smallest absolute Gasteiger partial charge is 0.252 e. The first-order valence-electron chi connectivity index (χ1n) is 7.69. The van der Waals surface area contributed by atoms with Gasteiger partial charge in [-0.2, -0.15) is 5.26 Å². The fourth-order valence-corrected chi connectivity index (χ4v) is 3.01. The van der Waals surface area contributed by atoms with Crippen molar-refractivity contribution in [3.05, 3.63) is 35.2 Å². The Morgan fingerprint density at radius 3 is 3.00 bits per heavy atom. The van der Waals surface area contributed by atoms with E-state index >= 15 is 0 Å². The molecule has 0 unspecified atom stereocenters. The van der Waals surface area contributed by atoms with Gasteiger partial charge in [0, 0.05) is 30.1 Å². The van der Waals surface area contributed by atoms with Crippen molar-refractivity contribution in [1.29, 1.82) is 5.26 Å². The van der Waals surface area contributed by atoms with E-state index in [9.17, 15) is 4.79 Å². The van der Waals surface area contributed by atoms with Gasteiger partial charge in [0.05, 0.1) is 6.10 Å². The lowest BCUT2D eigenvalue weighted by molar-refractivity contribution is 0.0946. The molecule has 1 fully saturated rings. The molecule has 0 radical (unpaired) electrons. The maximum atomic E-state index is 12.5. The number of carbonyl (C=O) groups excluding carboxylic acids is 1. The van der Waals surface area contributed by atoms with Crippen molar-refractivity contribution < 1.29 is 9.53 Å². The highest BCUT2D eigenvalue weighted by Crippen LogP contribution is 2.21. The molecule has 0 aliphatic carbocycles. The van der Waals surface area contributed by atoms with Gasteiger partial charge in [0.25, 0.3) is 5.82 Å². The third-order valence-electron chi connectivity index (χ3n) is 4.23. The number of nitrogens with zero attached hydrogens (tertiary/aromatic N) is 5. The molecule has 7 nitrogen and oxygen atoms in total. The second-order valence-electron chi connectivity index (χ2n) is 5.83. The highest BCUT2D eigenvalue weighted by molar-refractivity contribution is 5.97. The number of ketones is 1. The summed E-state index contributed by atoms with van der Waals surface area (Å²) in [4.78, 5) is 16.3. The number of hydrogen-bond donors (Lipinski definition) is 0. The van der Waals surface area contributed by atoms with Crippen LogP contribution in [0, 0.1) is 25.2 Å². The molecule has 1 atom stereocenters. The van der Waals surface area contributed by atoms with E-state index in [0.29, 0.717) is 5.56 Å². The molecular formula is C16H19N5O2. The Kier molecular flexibility index (Phi) is 4.26. The number of nitriles is 1. The van der Waals surface area contributed by atoms with Crippen LogP contribution in [0.5, 0.6) is 0 Å². The fourth-order valence-electron chi connectivity index (χ4n) is 3.01. The number of rotatable bonds is 5. The Bertz CT molecular complexity index is 762. The molecule has 23 heavy (non-hydrogen) atoms. The molecule has 0 saturated carbocycles. The van der Waals surface area contributed by atoms with Crippen LogP contribution in [-0.2, 0) is 17.8 Å². The molecule has 1 saturated heterocycles. The number of hydrogen-bond acceptors (Lipinski definition) is 5. The van der Waals surface area contributed by atoms with Gasteiger partial charge in [0.1, 0.15) is 18.9 Å². The average Bonchev–Trinajstić information content (AvgIpc) is 3.25. The van der Waals surface area contributed by atoms with Crippen LogP contribution in [0.15, 0.2) is 12.4 Å². The monoisotopic (exact) mass is 313 g/mol. The van der Waals surface area contributed by atoms with Gasteiger partial charge in [-0.25, -0.2) is 9.67 Å². The molecule has 1 aliphatic rings. The molecule has 0 spiro atoms. The van der Waals surface area contributed by atoms with Gasteiger partial charge < -0.3 is 9.30 Å². The Labute approximate surface area is 134 Å². The Balaban J connectivity index is 1.76. The predicted molar refractivity (Wildman–Crippen MR) is 81.9 cm³/mol. The molecule has 2 aromatic rings. The molecule has 0 aromatic carbocycles. The van der Waals surface area contributed by atoms with E-state index in [1.807, 2.05) is 26.0 Å². The molecule has 3 heterocycles. The van der Waals surface area contributed by atoms with Gasteiger partial charge in [-0.05, 0) is 32.8 Å². The quantitative estimate of drug-likeness (QED) is 0.783.